The summed E-state index contributed by atoms with van der Waals surface area (Å²) in [6.07, 6.45) is -0.376. The van der Waals surface area contributed by atoms with Gasteiger partial charge in [-0.2, -0.15) is 0 Å². The van der Waals surface area contributed by atoms with E-state index in [2.05, 4.69) is 0 Å². The standard InChI is InChI=1S/C14H18N2O6/c1-14(2,3)22-13(19)15(4)11(8-17)10-7-9(16(20)21)5-6-12(10)18/h5-8,11,18H,1-4H3. The number of non-ortho nitro benzene ring substituents is 1. The van der Waals surface area contributed by atoms with Gasteiger partial charge in [0.1, 0.15) is 23.7 Å². The number of carbonyl (C=O) groups excluding carboxylic acids is 2. The smallest absolute Gasteiger partial charge is 0.410 e. The highest BCUT2D eigenvalue weighted by Gasteiger charge is 2.29. The normalized spacial score (nSPS) is 12.4. The van der Waals surface area contributed by atoms with Crippen molar-refractivity contribution in [2.24, 2.45) is 0 Å². The zero-order valence-electron chi connectivity index (χ0n) is 12.8. The van der Waals surface area contributed by atoms with Crippen LogP contribution in [0.25, 0.3) is 0 Å². The summed E-state index contributed by atoms with van der Waals surface area (Å²) in [7, 11) is 1.31. The fourth-order valence-corrected chi connectivity index (χ4v) is 1.71. The Bertz CT molecular complexity index is 593. The molecule has 1 atom stereocenters. The van der Waals surface area contributed by atoms with Gasteiger partial charge in [0, 0.05) is 24.7 Å². The number of phenolic OH excluding ortho intramolecular Hbond substituents is 1. The maximum atomic E-state index is 12.0. The monoisotopic (exact) mass is 310 g/mol. The summed E-state index contributed by atoms with van der Waals surface area (Å²) in [6, 6.07) is 2.06. The molecule has 0 fully saturated rings. The third-order valence-corrected chi connectivity index (χ3v) is 2.77. The van der Waals surface area contributed by atoms with Crippen LogP contribution in [0.15, 0.2) is 18.2 Å². The average molecular weight is 310 g/mol. The second-order valence-electron chi connectivity index (χ2n) is 5.67. The number of phenols is 1. The molecule has 120 valence electrons. The molecule has 0 aliphatic heterocycles. The van der Waals surface area contributed by atoms with Crippen molar-refractivity contribution >= 4 is 18.1 Å². The molecule has 0 saturated heterocycles. The van der Waals surface area contributed by atoms with Crippen LogP contribution in [0.3, 0.4) is 0 Å². The second kappa shape index (κ2) is 6.42. The van der Waals surface area contributed by atoms with Gasteiger partial charge in [-0.25, -0.2) is 4.79 Å². The Labute approximate surface area is 127 Å². The summed E-state index contributed by atoms with van der Waals surface area (Å²) in [5.74, 6) is -0.321. The van der Waals surface area contributed by atoms with Crippen LogP contribution >= 0.6 is 0 Å². The van der Waals surface area contributed by atoms with E-state index in [1.165, 1.54) is 7.05 Å². The molecule has 1 aromatic carbocycles. The number of benzene rings is 1. The number of nitrogens with zero attached hydrogens (tertiary/aromatic N) is 2. The van der Waals surface area contributed by atoms with Crippen molar-refractivity contribution in [2.45, 2.75) is 32.4 Å². The topological polar surface area (TPSA) is 110 Å². The fraction of sp³-hybridized carbons (Fsp3) is 0.429. The minimum absolute atomic E-state index is 0.0439. The molecule has 22 heavy (non-hydrogen) atoms. The van der Waals surface area contributed by atoms with E-state index < -0.39 is 22.7 Å². The summed E-state index contributed by atoms with van der Waals surface area (Å²) in [6.45, 7) is 5.00. The van der Waals surface area contributed by atoms with Crippen LogP contribution in [-0.4, -0.2) is 40.0 Å². The zero-order valence-corrected chi connectivity index (χ0v) is 12.8. The maximum Gasteiger partial charge on any atom is 0.410 e. The van der Waals surface area contributed by atoms with Crippen LogP contribution in [0, 0.1) is 10.1 Å². The lowest BCUT2D eigenvalue weighted by atomic mass is 10.1. The van der Waals surface area contributed by atoms with Gasteiger partial charge in [0.2, 0.25) is 0 Å². The van der Waals surface area contributed by atoms with E-state index in [9.17, 15) is 24.8 Å². The first kappa shape index (κ1) is 17.4. The molecule has 0 radical (unpaired) electrons. The number of carbonyl (C=O) groups is 2. The number of likely N-dealkylation sites (N-methyl/N-ethyl adjacent to an activating group) is 1. The molecule has 0 heterocycles. The lowest BCUT2D eigenvalue weighted by molar-refractivity contribution is -0.385. The van der Waals surface area contributed by atoms with Crippen LogP contribution in [0.1, 0.15) is 32.4 Å². The largest absolute Gasteiger partial charge is 0.508 e. The summed E-state index contributed by atoms with van der Waals surface area (Å²) >= 11 is 0. The molecule has 8 heteroatoms. The summed E-state index contributed by atoms with van der Waals surface area (Å²) < 4.78 is 5.13. The van der Waals surface area contributed by atoms with Crippen molar-refractivity contribution in [3.05, 3.63) is 33.9 Å². The highest BCUT2D eigenvalue weighted by atomic mass is 16.6. The van der Waals surface area contributed by atoms with Gasteiger partial charge in [0.05, 0.1) is 4.92 Å². The summed E-state index contributed by atoms with van der Waals surface area (Å²) in [5, 5.41) is 20.6. The molecule has 0 bridgehead atoms. The Balaban J connectivity index is 3.15. The predicted octanol–water partition coefficient (Wildman–Crippen LogP) is 2.41. The van der Waals surface area contributed by atoms with Gasteiger partial charge in [-0.3, -0.25) is 15.0 Å². The van der Waals surface area contributed by atoms with Crippen molar-refractivity contribution in [3.8, 4) is 5.75 Å². The summed E-state index contributed by atoms with van der Waals surface area (Å²) in [5.41, 5.74) is -1.10. The van der Waals surface area contributed by atoms with E-state index in [0.717, 1.165) is 23.1 Å². The molecular formula is C14H18N2O6. The summed E-state index contributed by atoms with van der Waals surface area (Å²) in [4.78, 5) is 34.4. The van der Waals surface area contributed by atoms with Gasteiger partial charge < -0.3 is 14.6 Å². The van der Waals surface area contributed by atoms with Crippen molar-refractivity contribution < 1.29 is 24.4 Å². The number of nitro benzene ring substituents is 1. The molecule has 0 aromatic heterocycles. The Kier molecular flexibility index (Phi) is 5.08. The minimum atomic E-state index is -1.20. The average Bonchev–Trinajstić information content (AvgIpc) is 2.39. The van der Waals surface area contributed by atoms with Gasteiger partial charge in [-0.05, 0) is 26.8 Å². The van der Waals surface area contributed by atoms with Gasteiger partial charge >= 0.3 is 6.09 Å². The fourth-order valence-electron chi connectivity index (χ4n) is 1.71. The Morgan fingerprint density at radius 3 is 2.50 bits per heavy atom. The van der Waals surface area contributed by atoms with Crippen molar-refractivity contribution in [3.63, 3.8) is 0 Å². The number of nitro groups is 1. The van der Waals surface area contributed by atoms with Gasteiger partial charge in [-0.1, -0.05) is 0 Å². The molecule has 8 nitrogen and oxygen atoms in total. The maximum absolute atomic E-state index is 12.0. The quantitative estimate of drug-likeness (QED) is 0.519. The Hall–Kier alpha value is -2.64. The third-order valence-electron chi connectivity index (χ3n) is 2.77. The first-order valence-electron chi connectivity index (χ1n) is 6.45. The van der Waals surface area contributed by atoms with E-state index in [4.69, 9.17) is 4.74 Å². The predicted molar refractivity (Wildman–Crippen MR) is 77.6 cm³/mol. The zero-order chi connectivity index (χ0) is 17.1. The molecular weight excluding hydrogens is 292 g/mol. The van der Waals surface area contributed by atoms with Crippen LogP contribution < -0.4 is 0 Å². The lowest BCUT2D eigenvalue weighted by Crippen LogP contribution is -2.37. The number of rotatable bonds is 4. The van der Waals surface area contributed by atoms with Crippen LogP contribution in [0.2, 0.25) is 0 Å². The van der Waals surface area contributed by atoms with E-state index >= 15 is 0 Å². The Morgan fingerprint density at radius 1 is 1.45 bits per heavy atom. The molecule has 0 aliphatic rings. The van der Waals surface area contributed by atoms with Crippen molar-refractivity contribution in [1.29, 1.82) is 0 Å². The van der Waals surface area contributed by atoms with E-state index in [1.807, 2.05) is 0 Å². The number of aldehydes is 1. The first-order chi connectivity index (χ1) is 10.1. The molecule has 1 amide bonds. The van der Waals surface area contributed by atoms with Gasteiger partial charge in [0.15, 0.2) is 0 Å². The SMILES string of the molecule is CN(C(=O)OC(C)(C)C)C(C=O)c1cc([N+](=O)[O-])ccc1O. The van der Waals surface area contributed by atoms with Gasteiger partial charge in [0.25, 0.3) is 5.69 Å². The first-order valence-corrected chi connectivity index (χ1v) is 6.45. The van der Waals surface area contributed by atoms with E-state index in [0.29, 0.717) is 6.29 Å². The second-order valence-corrected chi connectivity index (χ2v) is 5.67. The molecule has 0 saturated carbocycles. The number of amides is 1. The minimum Gasteiger partial charge on any atom is -0.508 e. The molecule has 0 aliphatic carbocycles. The van der Waals surface area contributed by atoms with Crippen LogP contribution in [0.5, 0.6) is 5.75 Å². The molecule has 1 N–H and O–H groups in total. The molecule has 1 unspecified atom stereocenters. The third kappa shape index (κ3) is 4.18. The van der Waals surface area contributed by atoms with Crippen molar-refractivity contribution in [1.82, 2.24) is 4.90 Å². The highest BCUT2D eigenvalue weighted by Crippen LogP contribution is 2.31. The molecule has 1 rings (SSSR count). The number of aromatic hydroxyl groups is 1. The Morgan fingerprint density at radius 2 is 2.05 bits per heavy atom. The number of ether oxygens (including phenoxy) is 1. The lowest BCUT2D eigenvalue weighted by Gasteiger charge is -2.28. The van der Waals surface area contributed by atoms with Gasteiger partial charge in [-0.15, -0.1) is 0 Å². The highest BCUT2D eigenvalue weighted by molar-refractivity contribution is 5.75. The van der Waals surface area contributed by atoms with Crippen LogP contribution in [-0.2, 0) is 9.53 Å². The van der Waals surface area contributed by atoms with E-state index in [-0.39, 0.29) is 17.0 Å². The van der Waals surface area contributed by atoms with Crippen molar-refractivity contribution in [2.75, 3.05) is 7.05 Å². The number of hydrogen-bond donors (Lipinski definition) is 1. The van der Waals surface area contributed by atoms with E-state index in [1.54, 1.807) is 20.8 Å². The van der Waals surface area contributed by atoms with Crippen LogP contribution in [0.4, 0.5) is 10.5 Å². The number of hydrogen-bond acceptors (Lipinski definition) is 6. The molecule has 1 aromatic rings. The molecule has 0 spiro atoms.